The molecule has 1 aliphatic heterocycles. The van der Waals surface area contributed by atoms with Gasteiger partial charge in [0.15, 0.2) is 4.32 Å². The van der Waals surface area contributed by atoms with Crippen LogP contribution in [0.4, 0.5) is 0 Å². The van der Waals surface area contributed by atoms with E-state index >= 15 is 0 Å². The van der Waals surface area contributed by atoms with Crippen molar-refractivity contribution in [2.24, 2.45) is 0 Å². The maximum atomic E-state index is 12.6. The van der Waals surface area contributed by atoms with Crippen LogP contribution in [0.5, 0.6) is 0 Å². The fourth-order valence-corrected chi connectivity index (χ4v) is 4.00. The highest BCUT2D eigenvalue weighted by Crippen LogP contribution is 2.31. The Balaban J connectivity index is 1.76. The quantitative estimate of drug-likeness (QED) is 0.411. The van der Waals surface area contributed by atoms with Crippen molar-refractivity contribution in [3.05, 3.63) is 74.6 Å². The van der Waals surface area contributed by atoms with Crippen LogP contribution in [-0.4, -0.2) is 34.2 Å². The zero-order valence-electron chi connectivity index (χ0n) is 14.5. The Labute approximate surface area is 179 Å². The molecule has 0 bridgehead atoms. The zero-order valence-corrected chi connectivity index (χ0v) is 17.7. The molecule has 0 spiro atoms. The third-order valence-electron chi connectivity index (χ3n) is 3.76. The van der Waals surface area contributed by atoms with Crippen LogP contribution < -0.4 is 5.43 Å². The number of hydrogen-bond donors (Lipinski definition) is 1. The first-order valence-electron chi connectivity index (χ1n) is 7.92. The fourth-order valence-electron chi connectivity index (χ4n) is 2.36. The first kappa shape index (κ1) is 20.2. The van der Waals surface area contributed by atoms with E-state index in [4.69, 9.17) is 12.2 Å². The van der Waals surface area contributed by atoms with Gasteiger partial charge < -0.3 is 4.74 Å². The van der Waals surface area contributed by atoms with Gasteiger partial charge in [-0.1, -0.05) is 36.0 Å². The Hall–Kier alpha value is -2.49. The summed E-state index contributed by atoms with van der Waals surface area (Å²) in [5.74, 6) is -1.31. The van der Waals surface area contributed by atoms with Crippen LogP contribution in [0.2, 0.25) is 0 Å². The van der Waals surface area contributed by atoms with Gasteiger partial charge in [-0.3, -0.25) is 15.0 Å². The minimum Gasteiger partial charge on any atom is -0.465 e. The van der Waals surface area contributed by atoms with Gasteiger partial charge in [0.25, 0.3) is 11.8 Å². The zero-order chi connectivity index (χ0) is 20.3. The first-order valence-corrected chi connectivity index (χ1v) is 9.94. The average molecular weight is 477 g/mol. The van der Waals surface area contributed by atoms with Gasteiger partial charge in [0.05, 0.1) is 23.1 Å². The summed E-state index contributed by atoms with van der Waals surface area (Å²) in [5.41, 5.74) is 4.04. The van der Waals surface area contributed by atoms with Crippen molar-refractivity contribution in [1.29, 1.82) is 0 Å². The molecule has 28 heavy (non-hydrogen) atoms. The molecule has 2 amide bonds. The molecule has 0 unspecified atom stereocenters. The Morgan fingerprint density at radius 3 is 2.50 bits per heavy atom. The summed E-state index contributed by atoms with van der Waals surface area (Å²) in [7, 11) is 1.31. The number of ether oxygens (including phenoxy) is 1. The lowest BCUT2D eigenvalue weighted by atomic mass is 10.1. The van der Waals surface area contributed by atoms with Crippen LogP contribution in [0, 0.1) is 0 Å². The van der Waals surface area contributed by atoms with Crippen molar-refractivity contribution < 1.29 is 19.1 Å². The van der Waals surface area contributed by atoms with Crippen molar-refractivity contribution >= 4 is 68.1 Å². The van der Waals surface area contributed by atoms with Crippen LogP contribution in [0.1, 0.15) is 26.3 Å². The molecule has 0 radical (unpaired) electrons. The van der Waals surface area contributed by atoms with Gasteiger partial charge in [0.1, 0.15) is 0 Å². The number of benzene rings is 2. The smallest absolute Gasteiger partial charge is 0.337 e. The molecule has 1 aliphatic rings. The third-order valence-corrected chi connectivity index (χ3v) is 5.75. The number of nitrogens with one attached hydrogen (secondary N) is 1. The highest BCUT2D eigenvalue weighted by Gasteiger charge is 2.34. The third kappa shape index (κ3) is 4.32. The number of carbonyl (C=O) groups is 3. The molecule has 6 nitrogen and oxygen atoms in total. The molecule has 2 aromatic rings. The number of rotatable bonds is 4. The molecule has 3 rings (SSSR count). The lowest BCUT2D eigenvalue weighted by Gasteiger charge is -2.16. The van der Waals surface area contributed by atoms with E-state index in [0.717, 1.165) is 16.8 Å². The minimum atomic E-state index is -0.451. The summed E-state index contributed by atoms with van der Waals surface area (Å²) in [6, 6.07) is 13.5. The Morgan fingerprint density at radius 2 is 1.86 bits per heavy atom. The van der Waals surface area contributed by atoms with Crippen molar-refractivity contribution in [2.45, 2.75) is 0 Å². The second kappa shape index (κ2) is 8.68. The molecule has 0 aromatic heterocycles. The number of halogens is 1. The second-order valence-corrected chi connectivity index (χ2v) is 8.08. The van der Waals surface area contributed by atoms with Crippen LogP contribution in [0.15, 0.2) is 57.9 Å². The average Bonchev–Trinajstić information content (AvgIpc) is 2.95. The van der Waals surface area contributed by atoms with E-state index in [-0.39, 0.29) is 4.32 Å². The lowest BCUT2D eigenvalue weighted by Crippen LogP contribution is -2.44. The van der Waals surface area contributed by atoms with Crippen LogP contribution in [0.25, 0.3) is 6.08 Å². The van der Waals surface area contributed by atoms with E-state index in [1.807, 2.05) is 0 Å². The molecule has 0 saturated carbocycles. The van der Waals surface area contributed by atoms with E-state index in [1.54, 1.807) is 54.6 Å². The number of nitrogens with zero attached hydrogens (tertiary/aromatic N) is 1. The predicted molar refractivity (Wildman–Crippen MR) is 114 cm³/mol. The normalized spacial score (nSPS) is 15.1. The van der Waals surface area contributed by atoms with Crippen molar-refractivity contribution in [3.8, 4) is 0 Å². The van der Waals surface area contributed by atoms with Gasteiger partial charge >= 0.3 is 5.97 Å². The van der Waals surface area contributed by atoms with E-state index in [0.29, 0.717) is 26.1 Å². The molecule has 1 N–H and O–H groups in total. The summed E-state index contributed by atoms with van der Waals surface area (Å²) in [5, 5.41) is 1.05. The standard InChI is InChI=1S/C19H13BrN2O4S2/c1-26-18(25)12-8-6-11(7-9-12)10-15-17(24)22(19(27)28-15)21-16(23)13-4-2-3-5-14(13)20/h2-10H,1H3,(H,21,23)/b15-10-. The van der Waals surface area contributed by atoms with Gasteiger partial charge in [0.2, 0.25) is 0 Å². The Kier molecular flexibility index (Phi) is 6.28. The number of carbonyl (C=O) groups excluding carboxylic acids is 3. The maximum Gasteiger partial charge on any atom is 0.337 e. The highest BCUT2D eigenvalue weighted by atomic mass is 79.9. The van der Waals surface area contributed by atoms with Crippen LogP contribution >= 0.6 is 39.9 Å². The van der Waals surface area contributed by atoms with Gasteiger partial charge in [-0.2, -0.15) is 5.01 Å². The Morgan fingerprint density at radius 1 is 1.18 bits per heavy atom. The number of thiocarbonyl (C=S) groups is 1. The van der Waals surface area contributed by atoms with Crippen LogP contribution in [-0.2, 0) is 9.53 Å². The number of esters is 1. The Bertz CT molecular complexity index is 1010. The molecule has 0 atom stereocenters. The molecule has 1 saturated heterocycles. The molecule has 1 fully saturated rings. The lowest BCUT2D eigenvalue weighted by molar-refractivity contribution is -0.123. The number of hydrogen-bond acceptors (Lipinski definition) is 6. The number of methoxy groups -OCH3 is 1. The van der Waals surface area contributed by atoms with Crippen molar-refractivity contribution in [2.75, 3.05) is 7.11 Å². The number of hydrazine groups is 1. The summed E-state index contributed by atoms with van der Waals surface area (Å²) in [6.45, 7) is 0. The van der Waals surface area contributed by atoms with Crippen molar-refractivity contribution in [3.63, 3.8) is 0 Å². The SMILES string of the molecule is COC(=O)c1ccc(/C=C2\SC(=S)N(NC(=O)c3ccccc3Br)C2=O)cc1. The summed E-state index contributed by atoms with van der Waals surface area (Å²) < 4.78 is 5.49. The highest BCUT2D eigenvalue weighted by molar-refractivity contribution is 9.10. The van der Waals surface area contributed by atoms with E-state index < -0.39 is 17.8 Å². The molecule has 0 aliphatic carbocycles. The monoisotopic (exact) mass is 476 g/mol. The van der Waals surface area contributed by atoms with Gasteiger partial charge in [-0.25, -0.2) is 4.79 Å². The van der Waals surface area contributed by atoms with E-state index in [1.165, 1.54) is 7.11 Å². The van der Waals surface area contributed by atoms with Gasteiger partial charge in [-0.15, -0.1) is 0 Å². The molecule has 142 valence electrons. The molecule has 9 heteroatoms. The number of amides is 2. The number of thioether (sulfide) groups is 1. The molecule has 2 aromatic carbocycles. The predicted octanol–water partition coefficient (Wildman–Crippen LogP) is 3.78. The largest absolute Gasteiger partial charge is 0.465 e. The van der Waals surface area contributed by atoms with E-state index in [2.05, 4.69) is 26.1 Å². The summed E-state index contributed by atoms with van der Waals surface area (Å²) >= 11 is 9.61. The van der Waals surface area contributed by atoms with E-state index in [9.17, 15) is 14.4 Å². The first-order chi connectivity index (χ1) is 13.4. The van der Waals surface area contributed by atoms with Gasteiger partial charge in [0, 0.05) is 4.47 Å². The molecular weight excluding hydrogens is 464 g/mol. The van der Waals surface area contributed by atoms with Crippen molar-refractivity contribution in [1.82, 2.24) is 10.4 Å². The summed E-state index contributed by atoms with van der Waals surface area (Å²) in [6.07, 6.45) is 1.64. The second-order valence-electron chi connectivity index (χ2n) is 5.55. The maximum absolute atomic E-state index is 12.6. The molecule has 1 heterocycles. The van der Waals surface area contributed by atoms with Crippen LogP contribution in [0.3, 0.4) is 0 Å². The fraction of sp³-hybridized carbons (Fsp3) is 0.0526. The summed E-state index contributed by atoms with van der Waals surface area (Å²) in [4.78, 5) is 36.9. The van der Waals surface area contributed by atoms with Gasteiger partial charge in [-0.05, 0) is 64.1 Å². The minimum absolute atomic E-state index is 0.225. The molecular formula is C19H13BrN2O4S2. The topological polar surface area (TPSA) is 75.7 Å².